The lowest BCUT2D eigenvalue weighted by Gasteiger charge is -2.36. The Balaban J connectivity index is 1.85. The van der Waals surface area contributed by atoms with Crippen LogP contribution in [0.1, 0.15) is 23.7 Å². The van der Waals surface area contributed by atoms with Crippen LogP contribution in [0.15, 0.2) is 34.9 Å². The number of hydrogen-bond donors (Lipinski definition) is 1. The second-order valence-electron chi connectivity index (χ2n) is 5.66. The van der Waals surface area contributed by atoms with E-state index in [-0.39, 0.29) is 5.91 Å². The number of carbonyl (C=O) groups excluding carboxylic acids is 1. The zero-order valence-electron chi connectivity index (χ0n) is 11.7. The molecule has 4 nitrogen and oxygen atoms in total. The van der Waals surface area contributed by atoms with Crippen LogP contribution in [0.25, 0.3) is 11.0 Å². The van der Waals surface area contributed by atoms with Crippen molar-refractivity contribution in [1.82, 2.24) is 4.90 Å². The highest BCUT2D eigenvalue weighted by molar-refractivity contribution is 6.05. The average molecular weight is 272 g/mol. The second-order valence-corrected chi connectivity index (χ2v) is 5.66. The zero-order chi connectivity index (χ0) is 14.1. The Labute approximate surface area is 118 Å². The number of likely N-dealkylation sites (tertiary alicyclic amines) is 1. The van der Waals surface area contributed by atoms with E-state index >= 15 is 0 Å². The molecule has 1 saturated heterocycles. The highest BCUT2D eigenvalue weighted by Crippen LogP contribution is 2.26. The summed E-state index contributed by atoms with van der Waals surface area (Å²) in [6.45, 7) is 4.40. The molecule has 4 heteroatoms. The number of nitrogens with zero attached hydrogens (tertiary/aromatic N) is 1. The molecule has 2 unspecified atom stereocenters. The third kappa shape index (κ3) is 2.20. The van der Waals surface area contributed by atoms with Crippen molar-refractivity contribution in [3.63, 3.8) is 0 Å². The molecule has 1 aromatic carbocycles. The van der Waals surface area contributed by atoms with Crippen molar-refractivity contribution in [2.45, 2.75) is 13.3 Å². The Morgan fingerprint density at radius 2 is 2.25 bits per heavy atom. The Hall–Kier alpha value is -1.81. The van der Waals surface area contributed by atoms with Crippen molar-refractivity contribution >= 4 is 16.9 Å². The van der Waals surface area contributed by atoms with Crippen LogP contribution in [-0.4, -0.2) is 30.4 Å². The van der Waals surface area contributed by atoms with Crippen molar-refractivity contribution in [3.8, 4) is 0 Å². The fourth-order valence-corrected chi connectivity index (χ4v) is 2.95. The Morgan fingerprint density at radius 1 is 1.45 bits per heavy atom. The molecule has 1 amide bonds. The lowest BCUT2D eigenvalue weighted by Crippen LogP contribution is -2.45. The minimum absolute atomic E-state index is 0.0558. The summed E-state index contributed by atoms with van der Waals surface area (Å²) in [4.78, 5) is 14.6. The highest BCUT2D eigenvalue weighted by Gasteiger charge is 2.29. The second kappa shape index (κ2) is 5.29. The average Bonchev–Trinajstić information content (AvgIpc) is 2.91. The molecule has 2 N–H and O–H groups in total. The first-order chi connectivity index (χ1) is 9.70. The third-order valence-corrected chi connectivity index (χ3v) is 4.42. The first-order valence-electron chi connectivity index (χ1n) is 7.16. The van der Waals surface area contributed by atoms with E-state index < -0.39 is 0 Å². The molecule has 20 heavy (non-hydrogen) atoms. The van der Waals surface area contributed by atoms with Gasteiger partial charge in [-0.3, -0.25) is 4.79 Å². The number of hydrogen-bond acceptors (Lipinski definition) is 3. The molecule has 1 fully saturated rings. The van der Waals surface area contributed by atoms with Gasteiger partial charge < -0.3 is 15.1 Å². The molecule has 3 rings (SSSR count). The van der Waals surface area contributed by atoms with E-state index in [9.17, 15) is 4.79 Å². The molecule has 0 spiro atoms. The summed E-state index contributed by atoms with van der Waals surface area (Å²) < 4.78 is 5.46. The van der Waals surface area contributed by atoms with Gasteiger partial charge in [-0.1, -0.05) is 25.1 Å². The van der Waals surface area contributed by atoms with E-state index in [1.165, 1.54) is 0 Å². The molecule has 1 aliphatic rings. The number of piperidine rings is 1. The van der Waals surface area contributed by atoms with Gasteiger partial charge in [-0.15, -0.1) is 0 Å². The van der Waals surface area contributed by atoms with Crippen LogP contribution in [0, 0.1) is 11.8 Å². The number of furan rings is 1. The van der Waals surface area contributed by atoms with Crippen molar-refractivity contribution in [3.05, 3.63) is 36.1 Å². The quantitative estimate of drug-likeness (QED) is 0.913. The predicted octanol–water partition coefficient (Wildman–Crippen LogP) is 2.49. The fraction of sp³-hybridized carbons (Fsp3) is 0.438. The van der Waals surface area contributed by atoms with Crippen LogP contribution in [-0.2, 0) is 0 Å². The van der Waals surface area contributed by atoms with Crippen molar-refractivity contribution in [1.29, 1.82) is 0 Å². The van der Waals surface area contributed by atoms with E-state index in [1.807, 2.05) is 29.2 Å². The Bertz CT molecular complexity index is 620. The Morgan fingerprint density at radius 3 is 3.05 bits per heavy atom. The smallest absolute Gasteiger partial charge is 0.257 e. The zero-order valence-corrected chi connectivity index (χ0v) is 11.7. The monoisotopic (exact) mass is 272 g/mol. The van der Waals surface area contributed by atoms with Crippen molar-refractivity contribution in [2.24, 2.45) is 17.6 Å². The Kier molecular flexibility index (Phi) is 3.49. The fourth-order valence-electron chi connectivity index (χ4n) is 2.95. The van der Waals surface area contributed by atoms with Crippen LogP contribution in [0.2, 0.25) is 0 Å². The van der Waals surface area contributed by atoms with Gasteiger partial charge >= 0.3 is 0 Å². The maximum atomic E-state index is 12.7. The predicted molar refractivity (Wildman–Crippen MR) is 78.4 cm³/mol. The molecule has 0 aliphatic carbocycles. The van der Waals surface area contributed by atoms with Gasteiger partial charge in [0.05, 0.1) is 5.56 Å². The number of nitrogens with two attached hydrogens (primary N) is 1. The molecule has 2 heterocycles. The largest absolute Gasteiger partial charge is 0.463 e. The molecule has 1 aliphatic heterocycles. The summed E-state index contributed by atoms with van der Waals surface area (Å²) >= 11 is 0. The van der Waals surface area contributed by atoms with Gasteiger partial charge in [-0.05, 0) is 30.9 Å². The van der Waals surface area contributed by atoms with Crippen molar-refractivity contribution < 1.29 is 9.21 Å². The van der Waals surface area contributed by atoms with E-state index in [0.717, 1.165) is 30.5 Å². The number of carbonyl (C=O) groups is 1. The maximum absolute atomic E-state index is 12.7. The minimum atomic E-state index is 0.0558. The lowest BCUT2D eigenvalue weighted by atomic mass is 9.87. The van der Waals surface area contributed by atoms with Gasteiger partial charge in [0.1, 0.15) is 11.8 Å². The van der Waals surface area contributed by atoms with Gasteiger partial charge in [0.2, 0.25) is 0 Å². The van der Waals surface area contributed by atoms with Crippen LogP contribution in [0.4, 0.5) is 0 Å². The van der Waals surface area contributed by atoms with Crippen LogP contribution in [0.3, 0.4) is 0 Å². The topological polar surface area (TPSA) is 59.5 Å². The molecule has 106 valence electrons. The highest BCUT2D eigenvalue weighted by atomic mass is 16.3. The van der Waals surface area contributed by atoms with Gasteiger partial charge in [-0.25, -0.2) is 0 Å². The number of rotatable bonds is 2. The summed E-state index contributed by atoms with van der Waals surface area (Å²) in [7, 11) is 0. The summed E-state index contributed by atoms with van der Waals surface area (Å²) in [5, 5.41) is 0.889. The molecular weight excluding hydrogens is 252 g/mol. The SMILES string of the molecule is CC1CCN(C(=O)c2coc3ccccc23)CC1CN. The molecule has 2 aromatic rings. The van der Waals surface area contributed by atoms with E-state index in [4.69, 9.17) is 10.2 Å². The number of amides is 1. The summed E-state index contributed by atoms with van der Waals surface area (Å²) in [6.07, 6.45) is 2.59. The molecule has 0 saturated carbocycles. The van der Waals surface area contributed by atoms with Gasteiger partial charge in [0.15, 0.2) is 0 Å². The van der Waals surface area contributed by atoms with Gasteiger partial charge in [-0.2, -0.15) is 0 Å². The standard InChI is InChI=1S/C16H20N2O2/c1-11-6-7-18(9-12(11)8-17)16(19)14-10-20-15-5-3-2-4-13(14)15/h2-5,10-12H,6-9,17H2,1H3. The first kappa shape index (κ1) is 13.2. The van der Waals surface area contributed by atoms with Crippen LogP contribution < -0.4 is 5.73 Å². The van der Waals surface area contributed by atoms with Crippen LogP contribution in [0.5, 0.6) is 0 Å². The minimum Gasteiger partial charge on any atom is -0.463 e. The molecule has 0 bridgehead atoms. The van der Waals surface area contributed by atoms with E-state index in [2.05, 4.69) is 6.92 Å². The lowest BCUT2D eigenvalue weighted by molar-refractivity contribution is 0.0619. The van der Waals surface area contributed by atoms with E-state index in [1.54, 1.807) is 6.26 Å². The normalized spacial score (nSPS) is 23.2. The molecule has 2 atom stereocenters. The summed E-state index contributed by atoms with van der Waals surface area (Å²) in [5.41, 5.74) is 7.23. The molecular formula is C16H20N2O2. The first-order valence-corrected chi connectivity index (χ1v) is 7.16. The van der Waals surface area contributed by atoms with Crippen LogP contribution >= 0.6 is 0 Å². The molecule has 0 radical (unpaired) electrons. The summed E-state index contributed by atoms with van der Waals surface area (Å²) in [5.74, 6) is 1.04. The molecule has 1 aromatic heterocycles. The third-order valence-electron chi connectivity index (χ3n) is 4.42. The number of fused-ring (bicyclic) bond motifs is 1. The van der Waals surface area contributed by atoms with Crippen molar-refractivity contribution in [2.75, 3.05) is 19.6 Å². The van der Waals surface area contributed by atoms with Gasteiger partial charge in [0.25, 0.3) is 5.91 Å². The maximum Gasteiger partial charge on any atom is 0.257 e. The van der Waals surface area contributed by atoms with Gasteiger partial charge in [0, 0.05) is 18.5 Å². The number of para-hydroxylation sites is 1. The number of benzene rings is 1. The van der Waals surface area contributed by atoms with E-state index in [0.29, 0.717) is 23.9 Å². The summed E-state index contributed by atoms with van der Waals surface area (Å²) in [6, 6.07) is 7.65.